The highest BCUT2D eigenvalue weighted by atomic mass is 16.5. The van der Waals surface area contributed by atoms with Crippen LogP contribution in [0.3, 0.4) is 0 Å². The Morgan fingerprint density at radius 1 is 1.38 bits per heavy atom. The van der Waals surface area contributed by atoms with E-state index in [1.165, 1.54) is 6.42 Å². The van der Waals surface area contributed by atoms with Crippen molar-refractivity contribution in [1.82, 2.24) is 20.4 Å². The van der Waals surface area contributed by atoms with Crippen molar-refractivity contribution in [3.63, 3.8) is 0 Å². The number of hydrogen-bond acceptors (Lipinski definition) is 5. The Labute approximate surface area is 125 Å². The summed E-state index contributed by atoms with van der Waals surface area (Å²) >= 11 is 0. The van der Waals surface area contributed by atoms with Crippen LogP contribution in [0.25, 0.3) is 0 Å². The van der Waals surface area contributed by atoms with E-state index >= 15 is 0 Å². The van der Waals surface area contributed by atoms with Crippen molar-refractivity contribution in [1.29, 1.82) is 0 Å². The number of hydrogen-bond donors (Lipinski definition) is 1. The number of amides is 1. The Bertz CT molecular complexity index is 480. The minimum Gasteiger partial charge on any atom is -0.337 e. The predicted octanol–water partition coefficient (Wildman–Crippen LogP) is 2.29. The first-order valence-corrected chi connectivity index (χ1v) is 8.17. The fourth-order valence-electron chi connectivity index (χ4n) is 3.39. The number of nitrogens with zero attached hydrogens (tertiary/aromatic N) is 3. The first-order valence-electron chi connectivity index (χ1n) is 8.17. The fraction of sp³-hybridized carbons (Fsp3) is 0.800. The van der Waals surface area contributed by atoms with Crippen molar-refractivity contribution in [2.45, 2.75) is 64.0 Å². The molecule has 1 N–H and O–H groups in total. The largest absolute Gasteiger partial charge is 0.337 e. The number of aromatic nitrogens is 2. The minimum atomic E-state index is -0.0684. The van der Waals surface area contributed by atoms with Gasteiger partial charge in [-0.2, -0.15) is 4.98 Å². The van der Waals surface area contributed by atoms with Gasteiger partial charge in [0, 0.05) is 12.6 Å². The van der Waals surface area contributed by atoms with E-state index in [0.717, 1.165) is 51.6 Å². The Morgan fingerprint density at radius 3 is 3.05 bits per heavy atom. The summed E-state index contributed by atoms with van der Waals surface area (Å²) in [5.74, 6) is 0.711. The van der Waals surface area contributed by atoms with E-state index in [1.54, 1.807) is 0 Å². The minimum absolute atomic E-state index is 0.0684. The first-order chi connectivity index (χ1) is 10.3. The van der Waals surface area contributed by atoms with E-state index in [4.69, 9.17) is 4.52 Å². The zero-order valence-corrected chi connectivity index (χ0v) is 12.7. The molecule has 1 aromatic rings. The second-order valence-corrected chi connectivity index (χ2v) is 6.04. The van der Waals surface area contributed by atoms with Gasteiger partial charge in [-0.1, -0.05) is 18.5 Å². The third-order valence-corrected chi connectivity index (χ3v) is 4.50. The summed E-state index contributed by atoms with van der Waals surface area (Å²) < 4.78 is 5.28. The molecule has 2 fully saturated rings. The zero-order valence-electron chi connectivity index (χ0n) is 12.7. The van der Waals surface area contributed by atoms with Crippen LogP contribution in [-0.4, -0.2) is 40.1 Å². The highest BCUT2D eigenvalue weighted by molar-refractivity contribution is 5.90. The van der Waals surface area contributed by atoms with Gasteiger partial charge in [0.05, 0.1) is 6.04 Å². The summed E-state index contributed by atoms with van der Waals surface area (Å²) in [6, 6.07) is 0.453. The molecule has 2 unspecified atom stereocenters. The average molecular weight is 292 g/mol. The van der Waals surface area contributed by atoms with Gasteiger partial charge in [0.15, 0.2) is 0 Å². The molecule has 21 heavy (non-hydrogen) atoms. The summed E-state index contributed by atoms with van der Waals surface area (Å²) in [5.41, 5.74) is 0. The predicted molar refractivity (Wildman–Crippen MR) is 77.9 cm³/mol. The van der Waals surface area contributed by atoms with Crippen molar-refractivity contribution < 1.29 is 9.32 Å². The molecule has 0 spiro atoms. The molecular formula is C15H24N4O2. The van der Waals surface area contributed by atoms with Gasteiger partial charge >= 0.3 is 0 Å². The van der Waals surface area contributed by atoms with Crippen LogP contribution in [0, 0.1) is 0 Å². The lowest BCUT2D eigenvalue weighted by molar-refractivity contribution is 0.0584. The lowest BCUT2D eigenvalue weighted by Gasteiger charge is -2.34. The first kappa shape index (κ1) is 14.5. The number of likely N-dealkylation sites (tertiary alicyclic amines) is 1. The molecule has 2 atom stereocenters. The van der Waals surface area contributed by atoms with E-state index < -0.39 is 0 Å². The summed E-state index contributed by atoms with van der Waals surface area (Å²) in [6.45, 7) is 3.95. The lowest BCUT2D eigenvalue weighted by atomic mass is 9.98. The molecule has 2 aliphatic heterocycles. The van der Waals surface area contributed by atoms with Crippen molar-refractivity contribution in [2.75, 3.05) is 13.1 Å². The molecule has 3 heterocycles. The lowest BCUT2D eigenvalue weighted by Crippen LogP contribution is -2.44. The van der Waals surface area contributed by atoms with E-state index in [-0.39, 0.29) is 17.8 Å². The van der Waals surface area contributed by atoms with Gasteiger partial charge in [-0.05, 0) is 45.1 Å². The van der Waals surface area contributed by atoms with Gasteiger partial charge in [-0.3, -0.25) is 4.79 Å². The van der Waals surface area contributed by atoms with Crippen LogP contribution >= 0.6 is 0 Å². The van der Waals surface area contributed by atoms with Crippen molar-refractivity contribution in [2.24, 2.45) is 0 Å². The van der Waals surface area contributed by atoms with Crippen molar-refractivity contribution >= 4 is 5.91 Å². The smallest absolute Gasteiger partial charge is 0.295 e. The van der Waals surface area contributed by atoms with Gasteiger partial charge in [0.1, 0.15) is 0 Å². The molecule has 2 saturated heterocycles. The van der Waals surface area contributed by atoms with Crippen LogP contribution in [0.1, 0.15) is 74.4 Å². The number of nitrogens with one attached hydrogen (secondary N) is 1. The highest BCUT2D eigenvalue weighted by Gasteiger charge is 2.31. The van der Waals surface area contributed by atoms with Crippen LogP contribution in [0.5, 0.6) is 0 Å². The molecule has 0 aliphatic carbocycles. The number of carbonyl (C=O) groups is 1. The molecule has 1 amide bonds. The number of carbonyl (C=O) groups excluding carboxylic acids is 1. The Kier molecular flexibility index (Phi) is 4.53. The number of piperidine rings is 1. The van der Waals surface area contributed by atoms with Crippen LogP contribution < -0.4 is 5.32 Å². The van der Waals surface area contributed by atoms with Crippen LogP contribution in [0.2, 0.25) is 0 Å². The third-order valence-electron chi connectivity index (χ3n) is 4.50. The van der Waals surface area contributed by atoms with Gasteiger partial charge in [-0.15, -0.1) is 0 Å². The molecule has 0 bridgehead atoms. The van der Waals surface area contributed by atoms with Crippen LogP contribution in [-0.2, 0) is 0 Å². The standard InChI is InChI=1S/C15H24N4O2/c1-2-6-11-7-3-4-10-19(11)15(20)13-17-14(21-18-13)12-8-5-9-16-12/h11-12,16H,2-10H2,1H3. The SMILES string of the molecule is CCCC1CCCCN1C(=O)c1noc(C2CCCN2)n1. The maximum atomic E-state index is 12.6. The van der Waals surface area contributed by atoms with E-state index in [1.807, 2.05) is 4.90 Å². The van der Waals surface area contributed by atoms with E-state index in [9.17, 15) is 4.79 Å². The van der Waals surface area contributed by atoms with Gasteiger partial charge in [0.25, 0.3) is 11.7 Å². The topological polar surface area (TPSA) is 71.3 Å². The van der Waals surface area contributed by atoms with Crippen molar-refractivity contribution in [3.05, 3.63) is 11.7 Å². The molecule has 6 nitrogen and oxygen atoms in total. The second-order valence-electron chi connectivity index (χ2n) is 6.04. The molecular weight excluding hydrogens is 268 g/mol. The summed E-state index contributed by atoms with van der Waals surface area (Å²) in [7, 11) is 0. The van der Waals surface area contributed by atoms with Crippen molar-refractivity contribution in [3.8, 4) is 0 Å². The summed E-state index contributed by atoms with van der Waals surface area (Å²) in [5, 5.41) is 7.23. The van der Waals surface area contributed by atoms with E-state index in [2.05, 4.69) is 22.4 Å². The molecule has 0 saturated carbocycles. The summed E-state index contributed by atoms with van der Waals surface area (Å²) in [6.07, 6.45) is 7.63. The van der Waals surface area contributed by atoms with Gasteiger partial charge in [0.2, 0.25) is 5.89 Å². The second kappa shape index (κ2) is 6.56. The Morgan fingerprint density at radius 2 is 2.29 bits per heavy atom. The third kappa shape index (κ3) is 3.10. The normalized spacial score (nSPS) is 26.2. The number of rotatable bonds is 4. The average Bonchev–Trinajstić information content (AvgIpc) is 3.18. The summed E-state index contributed by atoms with van der Waals surface area (Å²) in [4.78, 5) is 18.9. The molecule has 0 aromatic carbocycles. The van der Waals surface area contributed by atoms with E-state index in [0.29, 0.717) is 11.9 Å². The molecule has 6 heteroatoms. The quantitative estimate of drug-likeness (QED) is 0.922. The zero-order chi connectivity index (χ0) is 14.7. The van der Waals surface area contributed by atoms with Gasteiger partial charge in [-0.25, -0.2) is 0 Å². The van der Waals surface area contributed by atoms with Crippen LogP contribution in [0.4, 0.5) is 0 Å². The maximum Gasteiger partial charge on any atom is 0.295 e. The molecule has 0 radical (unpaired) electrons. The van der Waals surface area contributed by atoms with Gasteiger partial charge < -0.3 is 14.7 Å². The molecule has 116 valence electrons. The molecule has 1 aromatic heterocycles. The molecule has 2 aliphatic rings. The van der Waals surface area contributed by atoms with Crippen LogP contribution in [0.15, 0.2) is 4.52 Å². The maximum absolute atomic E-state index is 12.6. The Balaban J connectivity index is 1.71. The fourth-order valence-corrected chi connectivity index (χ4v) is 3.39. The molecule has 3 rings (SSSR count). The monoisotopic (exact) mass is 292 g/mol. The Hall–Kier alpha value is -1.43. The highest BCUT2D eigenvalue weighted by Crippen LogP contribution is 2.24.